The van der Waals surface area contributed by atoms with Crippen LogP contribution < -0.4 is 4.74 Å². The van der Waals surface area contributed by atoms with E-state index in [1.165, 1.54) is 0 Å². The molecule has 1 aromatic heterocycles. The first kappa shape index (κ1) is 11.4. The van der Waals surface area contributed by atoms with Crippen molar-refractivity contribution in [1.82, 2.24) is 4.98 Å². The van der Waals surface area contributed by atoms with Crippen LogP contribution in [0.4, 0.5) is 0 Å². The van der Waals surface area contributed by atoms with Crippen molar-refractivity contribution in [2.45, 2.75) is 18.9 Å². The van der Waals surface area contributed by atoms with Crippen LogP contribution >= 0.6 is 0 Å². The minimum absolute atomic E-state index is 0.432. The molecule has 0 spiro atoms. The van der Waals surface area contributed by atoms with Gasteiger partial charge in [0.2, 0.25) is 0 Å². The highest BCUT2D eigenvalue weighted by molar-refractivity contribution is 5.28. The van der Waals surface area contributed by atoms with Crippen molar-refractivity contribution in [1.29, 1.82) is 0 Å². The molecule has 4 heteroatoms. The lowest BCUT2D eigenvalue weighted by molar-refractivity contribution is 0.124. The van der Waals surface area contributed by atoms with Crippen molar-refractivity contribution < 1.29 is 14.6 Å². The highest BCUT2D eigenvalue weighted by atomic mass is 16.5. The molecule has 1 aromatic rings. The third-order valence-corrected chi connectivity index (χ3v) is 2.92. The fourth-order valence-electron chi connectivity index (χ4n) is 2.02. The quantitative estimate of drug-likeness (QED) is 0.841. The van der Waals surface area contributed by atoms with Crippen molar-refractivity contribution >= 4 is 0 Å². The molecule has 1 fully saturated rings. The number of aromatic nitrogens is 1. The van der Waals surface area contributed by atoms with Crippen LogP contribution in [0, 0.1) is 5.92 Å². The van der Waals surface area contributed by atoms with E-state index in [9.17, 15) is 5.11 Å². The molecule has 1 aliphatic heterocycles. The Balaban J connectivity index is 2.04. The Labute approximate surface area is 95.2 Å². The van der Waals surface area contributed by atoms with Gasteiger partial charge in [0.1, 0.15) is 17.5 Å². The number of nitrogens with zero attached hydrogens (tertiary/aromatic N) is 1. The first-order valence-electron chi connectivity index (χ1n) is 5.56. The molecule has 0 aromatic carbocycles. The zero-order valence-corrected chi connectivity index (χ0v) is 9.43. The third-order valence-electron chi connectivity index (χ3n) is 2.92. The summed E-state index contributed by atoms with van der Waals surface area (Å²) in [6, 6.07) is 3.62. The van der Waals surface area contributed by atoms with E-state index in [4.69, 9.17) is 9.47 Å². The number of rotatable bonds is 4. The molecule has 2 rings (SSSR count). The van der Waals surface area contributed by atoms with Crippen LogP contribution in [0.1, 0.15) is 24.6 Å². The maximum absolute atomic E-state index is 10.1. The summed E-state index contributed by atoms with van der Waals surface area (Å²) in [6.45, 7) is 1.54. The maximum Gasteiger partial charge on any atom is 0.143 e. The van der Waals surface area contributed by atoms with E-state index in [1.54, 1.807) is 19.4 Å². The lowest BCUT2D eigenvalue weighted by atomic mass is 9.98. The normalized spacial score (nSPS) is 22.0. The van der Waals surface area contributed by atoms with Gasteiger partial charge in [-0.15, -0.1) is 0 Å². The third kappa shape index (κ3) is 2.51. The van der Waals surface area contributed by atoms with Gasteiger partial charge >= 0.3 is 0 Å². The van der Waals surface area contributed by atoms with Gasteiger partial charge in [-0.05, 0) is 30.9 Å². The number of hydrogen-bond donors (Lipinski definition) is 1. The number of hydrogen-bond acceptors (Lipinski definition) is 4. The smallest absolute Gasteiger partial charge is 0.143 e. The molecule has 0 radical (unpaired) electrons. The summed E-state index contributed by atoms with van der Waals surface area (Å²) in [7, 11) is 1.59. The minimum atomic E-state index is -0.567. The molecule has 2 heterocycles. The molecule has 0 saturated carbocycles. The average Bonchev–Trinajstić information content (AvgIpc) is 2.81. The van der Waals surface area contributed by atoms with Crippen LogP contribution in [0.5, 0.6) is 5.75 Å². The largest absolute Gasteiger partial charge is 0.495 e. The average molecular weight is 223 g/mol. The number of aliphatic hydroxyl groups excluding tert-OH is 1. The van der Waals surface area contributed by atoms with Crippen molar-refractivity contribution in [2.24, 2.45) is 5.92 Å². The van der Waals surface area contributed by atoms with Crippen LogP contribution in [0.15, 0.2) is 18.3 Å². The summed E-state index contributed by atoms with van der Waals surface area (Å²) in [5, 5.41) is 10.1. The van der Waals surface area contributed by atoms with E-state index in [0.717, 1.165) is 19.6 Å². The number of ether oxygens (including phenoxy) is 2. The van der Waals surface area contributed by atoms with Crippen LogP contribution in [0.25, 0.3) is 0 Å². The van der Waals surface area contributed by atoms with E-state index in [0.29, 0.717) is 23.8 Å². The summed E-state index contributed by atoms with van der Waals surface area (Å²) < 4.78 is 10.5. The summed E-state index contributed by atoms with van der Waals surface area (Å²) >= 11 is 0. The van der Waals surface area contributed by atoms with Crippen LogP contribution in [0.2, 0.25) is 0 Å². The van der Waals surface area contributed by atoms with Crippen molar-refractivity contribution in [3.63, 3.8) is 0 Å². The Kier molecular flexibility index (Phi) is 3.74. The molecular weight excluding hydrogens is 206 g/mol. The van der Waals surface area contributed by atoms with E-state index < -0.39 is 6.10 Å². The van der Waals surface area contributed by atoms with Gasteiger partial charge in [-0.2, -0.15) is 0 Å². The number of pyridine rings is 1. The lowest BCUT2D eigenvalue weighted by Crippen LogP contribution is -2.09. The van der Waals surface area contributed by atoms with Gasteiger partial charge in [0.05, 0.1) is 7.11 Å². The van der Waals surface area contributed by atoms with Gasteiger partial charge in [0.15, 0.2) is 0 Å². The highest BCUT2D eigenvalue weighted by Crippen LogP contribution is 2.29. The second-order valence-corrected chi connectivity index (χ2v) is 4.07. The van der Waals surface area contributed by atoms with Crippen molar-refractivity contribution in [2.75, 3.05) is 20.3 Å². The molecule has 0 bridgehead atoms. The molecule has 1 N–H and O–H groups in total. The Hall–Kier alpha value is -1.13. The minimum Gasteiger partial charge on any atom is -0.495 e. The summed E-state index contributed by atoms with van der Waals surface area (Å²) in [6.07, 6.45) is 2.81. The Morgan fingerprint density at radius 3 is 3.25 bits per heavy atom. The molecule has 1 saturated heterocycles. The topological polar surface area (TPSA) is 51.6 Å². The second kappa shape index (κ2) is 5.27. The number of methoxy groups -OCH3 is 1. The molecule has 0 amide bonds. The van der Waals surface area contributed by atoms with Crippen LogP contribution in [0.3, 0.4) is 0 Å². The second-order valence-electron chi connectivity index (χ2n) is 4.07. The predicted molar refractivity (Wildman–Crippen MR) is 59.3 cm³/mol. The number of aliphatic hydroxyl groups is 1. The van der Waals surface area contributed by atoms with Gasteiger partial charge in [0.25, 0.3) is 0 Å². The standard InChI is InChI=1S/C12H17NO3/c1-15-11-3-2-5-13-12(11)10(14)7-9-4-6-16-8-9/h2-3,5,9-10,14H,4,6-8H2,1H3. The SMILES string of the molecule is COc1cccnc1C(O)CC1CCOC1. The van der Waals surface area contributed by atoms with E-state index in [-0.39, 0.29) is 0 Å². The first-order chi connectivity index (χ1) is 7.81. The Morgan fingerprint density at radius 1 is 1.69 bits per heavy atom. The highest BCUT2D eigenvalue weighted by Gasteiger charge is 2.22. The zero-order valence-electron chi connectivity index (χ0n) is 9.43. The van der Waals surface area contributed by atoms with Gasteiger partial charge < -0.3 is 14.6 Å². The Bertz CT molecular complexity index is 337. The summed E-state index contributed by atoms with van der Waals surface area (Å²) in [4.78, 5) is 4.18. The predicted octanol–water partition coefficient (Wildman–Crippen LogP) is 1.55. The molecule has 0 aliphatic carbocycles. The van der Waals surface area contributed by atoms with E-state index >= 15 is 0 Å². The van der Waals surface area contributed by atoms with Gasteiger partial charge in [-0.1, -0.05) is 0 Å². The molecule has 1 aliphatic rings. The molecule has 16 heavy (non-hydrogen) atoms. The summed E-state index contributed by atoms with van der Waals surface area (Å²) in [5.41, 5.74) is 0.622. The van der Waals surface area contributed by atoms with Gasteiger partial charge in [-0.3, -0.25) is 4.98 Å². The van der Waals surface area contributed by atoms with Gasteiger partial charge in [0, 0.05) is 19.4 Å². The van der Waals surface area contributed by atoms with Crippen molar-refractivity contribution in [3.8, 4) is 5.75 Å². The monoisotopic (exact) mass is 223 g/mol. The zero-order chi connectivity index (χ0) is 11.4. The van der Waals surface area contributed by atoms with Crippen LogP contribution in [-0.2, 0) is 4.74 Å². The van der Waals surface area contributed by atoms with Crippen molar-refractivity contribution in [3.05, 3.63) is 24.0 Å². The molecule has 2 unspecified atom stereocenters. The van der Waals surface area contributed by atoms with Crippen LogP contribution in [-0.4, -0.2) is 30.4 Å². The first-order valence-corrected chi connectivity index (χ1v) is 5.56. The Morgan fingerprint density at radius 2 is 2.56 bits per heavy atom. The molecular formula is C12H17NO3. The maximum atomic E-state index is 10.1. The summed E-state index contributed by atoms with van der Waals surface area (Å²) in [5.74, 6) is 1.08. The van der Waals surface area contributed by atoms with Gasteiger partial charge in [-0.25, -0.2) is 0 Å². The fraction of sp³-hybridized carbons (Fsp3) is 0.583. The molecule has 2 atom stereocenters. The van der Waals surface area contributed by atoms with E-state index in [2.05, 4.69) is 4.98 Å². The fourth-order valence-corrected chi connectivity index (χ4v) is 2.02. The molecule has 4 nitrogen and oxygen atoms in total. The lowest BCUT2D eigenvalue weighted by Gasteiger charge is -2.16. The van der Waals surface area contributed by atoms with E-state index in [1.807, 2.05) is 6.07 Å². The molecule has 88 valence electrons.